The Morgan fingerprint density at radius 2 is 1.90 bits per heavy atom. The summed E-state index contributed by atoms with van der Waals surface area (Å²) in [7, 11) is 0. The summed E-state index contributed by atoms with van der Waals surface area (Å²) in [6.45, 7) is 14.0. The van der Waals surface area contributed by atoms with E-state index in [0.29, 0.717) is 6.54 Å². The number of hydrogen-bond acceptors (Lipinski definition) is 4. The van der Waals surface area contributed by atoms with Gasteiger partial charge in [-0.05, 0) is 60.6 Å². The molecule has 0 spiro atoms. The second-order valence-corrected chi connectivity index (χ2v) is 7.06. The molecule has 0 aliphatic heterocycles. The third kappa shape index (κ3) is 6.67. The Hall–Kier alpha value is -1.49. The quantitative estimate of drug-likeness (QED) is 0.872. The Morgan fingerprint density at radius 3 is 2.38 bits per heavy atom. The molecule has 5 nitrogen and oxygen atoms in total. The number of nitrogens with one attached hydrogen (secondary N) is 2. The Morgan fingerprint density at radius 1 is 1.29 bits per heavy atom. The SMILES string of the molecule is Cc1ccc(C(C)NCC(C)(C)NC(=O)OC(C)(C)C)o1. The molecule has 1 atom stereocenters. The zero-order valence-corrected chi connectivity index (χ0v) is 14.2. The van der Waals surface area contributed by atoms with Crippen molar-refractivity contribution in [3.63, 3.8) is 0 Å². The number of alkyl carbamates (subject to hydrolysis) is 1. The molecule has 0 fully saturated rings. The van der Waals surface area contributed by atoms with E-state index >= 15 is 0 Å². The van der Waals surface area contributed by atoms with Gasteiger partial charge in [-0.2, -0.15) is 0 Å². The first-order valence-electron chi connectivity index (χ1n) is 7.29. The van der Waals surface area contributed by atoms with Crippen molar-refractivity contribution in [3.05, 3.63) is 23.7 Å². The van der Waals surface area contributed by atoms with Crippen molar-refractivity contribution in [1.82, 2.24) is 10.6 Å². The molecule has 5 heteroatoms. The van der Waals surface area contributed by atoms with Crippen LogP contribution in [0.3, 0.4) is 0 Å². The van der Waals surface area contributed by atoms with Crippen LogP contribution in [0.5, 0.6) is 0 Å². The van der Waals surface area contributed by atoms with E-state index in [0.717, 1.165) is 11.5 Å². The summed E-state index contributed by atoms with van der Waals surface area (Å²) < 4.78 is 10.9. The standard InChI is InChI=1S/C16H28N2O3/c1-11-8-9-13(20-11)12(2)17-10-16(6,7)18-14(19)21-15(3,4)5/h8-9,12,17H,10H2,1-7H3,(H,18,19). The van der Waals surface area contributed by atoms with E-state index in [1.165, 1.54) is 0 Å². The predicted molar refractivity (Wildman–Crippen MR) is 83.3 cm³/mol. The molecule has 1 unspecified atom stereocenters. The summed E-state index contributed by atoms with van der Waals surface area (Å²) in [6.07, 6.45) is -0.407. The summed E-state index contributed by atoms with van der Waals surface area (Å²) in [5.74, 6) is 1.78. The van der Waals surface area contributed by atoms with Crippen LogP contribution in [-0.4, -0.2) is 23.8 Å². The number of aryl methyl sites for hydroxylation is 1. The highest BCUT2D eigenvalue weighted by Gasteiger charge is 2.25. The number of amides is 1. The zero-order valence-electron chi connectivity index (χ0n) is 14.2. The van der Waals surface area contributed by atoms with Gasteiger partial charge in [0.2, 0.25) is 0 Å². The fourth-order valence-electron chi connectivity index (χ4n) is 1.82. The van der Waals surface area contributed by atoms with E-state index in [9.17, 15) is 4.79 Å². The van der Waals surface area contributed by atoms with Gasteiger partial charge in [0, 0.05) is 6.54 Å². The molecular weight excluding hydrogens is 268 g/mol. The molecule has 0 saturated carbocycles. The van der Waals surface area contributed by atoms with Crippen LogP contribution in [-0.2, 0) is 4.74 Å². The molecule has 1 aromatic heterocycles. The average molecular weight is 296 g/mol. The largest absolute Gasteiger partial charge is 0.465 e. The van der Waals surface area contributed by atoms with Gasteiger partial charge in [-0.25, -0.2) is 4.79 Å². The Balaban J connectivity index is 2.47. The lowest BCUT2D eigenvalue weighted by molar-refractivity contribution is 0.0470. The summed E-state index contributed by atoms with van der Waals surface area (Å²) in [4.78, 5) is 11.8. The molecule has 0 radical (unpaired) electrons. The molecule has 21 heavy (non-hydrogen) atoms. The van der Waals surface area contributed by atoms with E-state index in [4.69, 9.17) is 9.15 Å². The lowest BCUT2D eigenvalue weighted by Gasteiger charge is -2.29. The molecule has 1 aromatic rings. The van der Waals surface area contributed by atoms with Crippen LogP contribution in [0.25, 0.3) is 0 Å². The number of hydrogen-bond donors (Lipinski definition) is 2. The molecule has 1 heterocycles. The van der Waals surface area contributed by atoms with Gasteiger partial charge in [0.05, 0.1) is 11.6 Å². The molecular formula is C16H28N2O3. The van der Waals surface area contributed by atoms with Crippen LogP contribution in [0.1, 0.15) is 59.1 Å². The molecule has 0 bridgehead atoms. The Kier molecular flexibility index (Phi) is 5.45. The van der Waals surface area contributed by atoms with Crippen LogP contribution in [0.4, 0.5) is 4.79 Å². The van der Waals surface area contributed by atoms with Crippen molar-refractivity contribution < 1.29 is 13.9 Å². The highest BCUT2D eigenvalue weighted by molar-refractivity contribution is 5.68. The maximum atomic E-state index is 11.8. The molecule has 0 aliphatic carbocycles. The van der Waals surface area contributed by atoms with Crippen molar-refractivity contribution in [2.45, 2.75) is 65.6 Å². The Bertz CT molecular complexity index is 472. The number of furan rings is 1. The first kappa shape index (κ1) is 17.6. The topological polar surface area (TPSA) is 63.5 Å². The highest BCUT2D eigenvalue weighted by Crippen LogP contribution is 2.16. The molecule has 120 valence electrons. The second-order valence-electron chi connectivity index (χ2n) is 7.06. The molecule has 1 amide bonds. The van der Waals surface area contributed by atoms with Gasteiger partial charge in [0.25, 0.3) is 0 Å². The van der Waals surface area contributed by atoms with Gasteiger partial charge in [0.15, 0.2) is 0 Å². The summed E-state index contributed by atoms with van der Waals surface area (Å²) >= 11 is 0. The predicted octanol–water partition coefficient (Wildman–Crippen LogP) is 3.54. The minimum Gasteiger partial charge on any atom is -0.465 e. The second kappa shape index (κ2) is 6.52. The van der Waals surface area contributed by atoms with Crippen molar-refractivity contribution in [3.8, 4) is 0 Å². The maximum absolute atomic E-state index is 11.8. The summed E-state index contributed by atoms with van der Waals surface area (Å²) in [5, 5.41) is 6.23. The number of carbonyl (C=O) groups excluding carboxylic acids is 1. The van der Waals surface area contributed by atoms with Crippen LogP contribution in [0, 0.1) is 6.92 Å². The lowest BCUT2D eigenvalue weighted by atomic mass is 10.1. The zero-order chi connectivity index (χ0) is 16.3. The van der Waals surface area contributed by atoms with Crippen LogP contribution < -0.4 is 10.6 Å². The number of rotatable bonds is 5. The monoisotopic (exact) mass is 296 g/mol. The third-order valence-electron chi connectivity index (χ3n) is 2.88. The highest BCUT2D eigenvalue weighted by atomic mass is 16.6. The van der Waals surface area contributed by atoms with E-state index in [1.807, 2.05) is 60.6 Å². The van der Waals surface area contributed by atoms with E-state index in [2.05, 4.69) is 10.6 Å². The Labute approximate surface area is 127 Å². The molecule has 0 aliphatic rings. The number of ether oxygens (including phenoxy) is 1. The smallest absolute Gasteiger partial charge is 0.408 e. The van der Waals surface area contributed by atoms with Crippen molar-refractivity contribution in [2.24, 2.45) is 0 Å². The molecule has 0 saturated heterocycles. The van der Waals surface area contributed by atoms with Crippen molar-refractivity contribution >= 4 is 6.09 Å². The molecule has 0 aromatic carbocycles. The first-order valence-corrected chi connectivity index (χ1v) is 7.29. The minimum atomic E-state index is -0.493. The maximum Gasteiger partial charge on any atom is 0.408 e. The van der Waals surface area contributed by atoms with Gasteiger partial charge in [-0.1, -0.05) is 0 Å². The van der Waals surface area contributed by atoms with Gasteiger partial charge in [-0.15, -0.1) is 0 Å². The summed E-state index contributed by atoms with van der Waals surface area (Å²) in [6, 6.07) is 3.98. The van der Waals surface area contributed by atoms with Gasteiger partial charge in [-0.3, -0.25) is 0 Å². The van der Waals surface area contributed by atoms with Crippen LogP contribution in [0.2, 0.25) is 0 Å². The summed E-state index contributed by atoms with van der Waals surface area (Å²) in [5.41, 5.74) is -0.912. The van der Waals surface area contributed by atoms with Gasteiger partial charge >= 0.3 is 6.09 Å². The van der Waals surface area contributed by atoms with E-state index < -0.39 is 17.2 Å². The van der Waals surface area contributed by atoms with Gasteiger partial charge < -0.3 is 19.8 Å². The van der Waals surface area contributed by atoms with E-state index in [-0.39, 0.29) is 6.04 Å². The minimum absolute atomic E-state index is 0.0819. The first-order chi connectivity index (χ1) is 9.48. The average Bonchev–Trinajstić information content (AvgIpc) is 2.69. The fourth-order valence-corrected chi connectivity index (χ4v) is 1.82. The van der Waals surface area contributed by atoms with Gasteiger partial charge in [0.1, 0.15) is 17.1 Å². The molecule has 1 rings (SSSR count). The number of carbonyl (C=O) groups is 1. The lowest BCUT2D eigenvalue weighted by Crippen LogP contribution is -2.51. The van der Waals surface area contributed by atoms with E-state index in [1.54, 1.807) is 0 Å². The van der Waals surface area contributed by atoms with Crippen molar-refractivity contribution in [1.29, 1.82) is 0 Å². The molecule has 2 N–H and O–H groups in total. The van der Waals surface area contributed by atoms with Crippen LogP contribution in [0.15, 0.2) is 16.5 Å². The fraction of sp³-hybridized carbons (Fsp3) is 0.688. The third-order valence-corrected chi connectivity index (χ3v) is 2.88. The van der Waals surface area contributed by atoms with Crippen molar-refractivity contribution in [2.75, 3.05) is 6.54 Å². The normalized spacial score (nSPS) is 13.9. The van der Waals surface area contributed by atoms with Crippen LogP contribution >= 0.6 is 0 Å².